The minimum absolute atomic E-state index is 0.0258. The Labute approximate surface area is 190 Å². The minimum Gasteiger partial charge on any atom is -0.462 e. The molecule has 0 radical (unpaired) electrons. The second-order valence-electron chi connectivity index (χ2n) is 11.3. The van der Waals surface area contributed by atoms with Crippen molar-refractivity contribution in [2.75, 3.05) is 0 Å². The first-order chi connectivity index (χ1) is 15.0. The maximum Gasteiger partial charge on any atom is 0.302 e. The van der Waals surface area contributed by atoms with E-state index in [1.165, 1.54) is 12.5 Å². The fraction of sp³-hybridized carbons (Fsp3) is 0.769. The summed E-state index contributed by atoms with van der Waals surface area (Å²) in [5.41, 5.74) is 6.90. The smallest absolute Gasteiger partial charge is 0.302 e. The summed E-state index contributed by atoms with van der Waals surface area (Å²) in [6.07, 6.45) is 8.71. The average molecular weight is 441 g/mol. The lowest BCUT2D eigenvalue weighted by Crippen LogP contribution is -2.51. The number of hydrogen-bond acceptors (Lipinski definition) is 5. The number of fused-ring (bicyclic) bond motifs is 5. The zero-order valence-corrected chi connectivity index (χ0v) is 19.7. The molecule has 174 valence electrons. The summed E-state index contributed by atoms with van der Waals surface area (Å²) in [6, 6.07) is 2.12. The molecule has 3 saturated carbocycles. The Kier molecular flexibility index (Phi) is 5.76. The number of hydrogen-bond donors (Lipinski definition) is 1. The zero-order chi connectivity index (χ0) is 23.4. The monoisotopic (exact) mass is 440 g/mol. The predicted molar refractivity (Wildman–Crippen MR) is 119 cm³/mol. The summed E-state index contributed by atoms with van der Waals surface area (Å²) in [5, 5.41) is 9.68. The maximum atomic E-state index is 12.8. The van der Waals surface area contributed by atoms with Gasteiger partial charge in [0.1, 0.15) is 17.8 Å². The van der Waals surface area contributed by atoms with Crippen molar-refractivity contribution in [1.82, 2.24) is 0 Å². The summed E-state index contributed by atoms with van der Waals surface area (Å²) in [4.78, 5) is 36.3. The van der Waals surface area contributed by atoms with E-state index in [0.717, 1.165) is 44.9 Å². The Balaban J connectivity index is 1.65. The molecule has 0 aliphatic heterocycles. The van der Waals surface area contributed by atoms with Gasteiger partial charge in [-0.25, -0.2) is 0 Å². The number of carbonyl (C=O) groups is 3. The van der Waals surface area contributed by atoms with Crippen LogP contribution in [0.15, 0.2) is 11.6 Å². The van der Waals surface area contributed by atoms with E-state index in [0.29, 0.717) is 17.8 Å². The van der Waals surface area contributed by atoms with Gasteiger partial charge in [0.05, 0.1) is 6.07 Å². The van der Waals surface area contributed by atoms with Gasteiger partial charge in [0.15, 0.2) is 0 Å². The lowest BCUT2D eigenvalue weighted by atomic mass is 9.47. The van der Waals surface area contributed by atoms with Crippen LogP contribution in [-0.4, -0.2) is 23.8 Å². The molecule has 1 amide bonds. The second kappa shape index (κ2) is 8.01. The summed E-state index contributed by atoms with van der Waals surface area (Å²) < 4.78 is 5.53. The maximum absolute atomic E-state index is 12.8. The van der Waals surface area contributed by atoms with E-state index in [1.54, 1.807) is 6.92 Å². The van der Waals surface area contributed by atoms with Crippen LogP contribution in [0.5, 0.6) is 0 Å². The fourth-order valence-electron chi connectivity index (χ4n) is 8.52. The molecule has 4 aliphatic carbocycles. The first kappa shape index (κ1) is 23.0. The molecule has 0 aromatic carbocycles. The van der Waals surface area contributed by atoms with Gasteiger partial charge in [0.2, 0.25) is 5.91 Å². The molecule has 0 aromatic heterocycles. The van der Waals surface area contributed by atoms with Gasteiger partial charge in [0, 0.05) is 19.3 Å². The molecule has 6 nitrogen and oxygen atoms in total. The number of allylic oxidation sites excluding steroid dienone is 1. The number of ketones is 1. The van der Waals surface area contributed by atoms with E-state index in [9.17, 15) is 19.6 Å². The van der Waals surface area contributed by atoms with Gasteiger partial charge < -0.3 is 10.5 Å². The average Bonchev–Trinajstić information content (AvgIpc) is 3.01. The molecule has 0 unspecified atom stereocenters. The second-order valence-corrected chi connectivity index (χ2v) is 11.3. The number of ether oxygens (including phenoxy) is 1. The summed E-state index contributed by atoms with van der Waals surface area (Å²) in [5.74, 6) is -0.971. The van der Waals surface area contributed by atoms with Crippen LogP contribution >= 0.6 is 0 Å². The molecule has 2 N–H and O–H groups in total. The van der Waals surface area contributed by atoms with Gasteiger partial charge in [-0.1, -0.05) is 25.5 Å². The number of rotatable bonds is 4. The molecule has 6 heteroatoms. The third-order valence-electron chi connectivity index (χ3n) is 9.81. The Hall–Kier alpha value is -2.16. The van der Waals surface area contributed by atoms with Crippen molar-refractivity contribution in [2.45, 2.75) is 78.7 Å². The van der Waals surface area contributed by atoms with Crippen molar-refractivity contribution in [3.63, 3.8) is 0 Å². The number of Topliss-reactive ketones (excluding diaryl/α,β-unsaturated/α-hetero) is 1. The van der Waals surface area contributed by atoms with Gasteiger partial charge in [0.25, 0.3) is 0 Å². The number of primary amides is 1. The molecule has 9 atom stereocenters. The fourth-order valence-corrected chi connectivity index (χ4v) is 8.52. The van der Waals surface area contributed by atoms with E-state index < -0.39 is 11.8 Å². The van der Waals surface area contributed by atoms with Crippen molar-refractivity contribution in [3.05, 3.63) is 11.6 Å². The standard InChI is InChI=1S/C26H36N2O4/c1-14(29)23-19(20(13-27)24(28)31)12-22-18-6-5-16-11-17(32-15(2)30)7-9-25(16,3)21(18)8-10-26(22,23)4/h5,17-23H,6-12H2,1-4H3,(H2,28,31)/t17-,18-,19-,20+,21+,22+,23+,25-,26-/m0/s1. The largest absolute Gasteiger partial charge is 0.462 e. The zero-order valence-electron chi connectivity index (χ0n) is 19.7. The van der Waals surface area contributed by atoms with Gasteiger partial charge in [-0.3, -0.25) is 14.4 Å². The number of nitrogens with two attached hydrogens (primary N) is 1. The third-order valence-corrected chi connectivity index (χ3v) is 9.81. The first-order valence-electron chi connectivity index (χ1n) is 12.1. The van der Waals surface area contributed by atoms with Crippen LogP contribution in [0.3, 0.4) is 0 Å². The van der Waals surface area contributed by atoms with Gasteiger partial charge in [-0.05, 0) is 80.0 Å². The van der Waals surface area contributed by atoms with Crippen molar-refractivity contribution >= 4 is 17.7 Å². The summed E-state index contributed by atoms with van der Waals surface area (Å²) in [7, 11) is 0. The quantitative estimate of drug-likeness (QED) is 0.526. The molecule has 0 aromatic rings. The van der Waals surface area contributed by atoms with Crippen LogP contribution in [0.25, 0.3) is 0 Å². The highest BCUT2D eigenvalue weighted by Crippen LogP contribution is 2.68. The normalized spacial score (nSPS) is 43.5. The van der Waals surface area contributed by atoms with Crippen molar-refractivity contribution in [3.8, 4) is 6.07 Å². The van der Waals surface area contributed by atoms with Crippen molar-refractivity contribution in [2.24, 2.45) is 52.1 Å². The van der Waals surface area contributed by atoms with E-state index in [4.69, 9.17) is 10.5 Å². The molecule has 0 saturated heterocycles. The summed E-state index contributed by atoms with van der Waals surface area (Å²) >= 11 is 0. The molecule has 0 heterocycles. The molecule has 32 heavy (non-hydrogen) atoms. The van der Waals surface area contributed by atoms with Gasteiger partial charge >= 0.3 is 5.97 Å². The number of amides is 1. The predicted octanol–water partition coefficient (Wildman–Crippen LogP) is 3.94. The topological polar surface area (TPSA) is 110 Å². The number of nitrogens with zero attached hydrogens (tertiary/aromatic N) is 1. The Morgan fingerprint density at radius 2 is 1.91 bits per heavy atom. The Bertz CT molecular complexity index is 904. The molecule has 4 rings (SSSR count). The molecule has 0 spiro atoms. The Morgan fingerprint density at radius 3 is 2.50 bits per heavy atom. The molecule has 3 fully saturated rings. The van der Waals surface area contributed by atoms with Crippen LogP contribution < -0.4 is 5.73 Å². The first-order valence-corrected chi connectivity index (χ1v) is 12.1. The van der Waals surface area contributed by atoms with Crippen LogP contribution in [-0.2, 0) is 19.1 Å². The summed E-state index contributed by atoms with van der Waals surface area (Å²) in [6.45, 7) is 7.68. The molecular formula is C26H36N2O4. The highest BCUT2D eigenvalue weighted by atomic mass is 16.5. The molecular weight excluding hydrogens is 404 g/mol. The molecule has 0 bridgehead atoms. The minimum atomic E-state index is -0.908. The van der Waals surface area contributed by atoms with Gasteiger partial charge in [-0.2, -0.15) is 5.26 Å². The van der Waals surface area contributed by atoms with Crippen LogP contribution in [0.4, 0.5) is 0 Å². The third kappa shape index (κ3) is 3.40. The van der Waals surface area contributed by atoms with Crippen LogP contribution in [0, 0.1) is 57.7 Å². The number of nitriles is 1. The van der Waals surface area contributed by atoms with E-state index in [1.807, 2.05) is 0 Å². The lowest BCUT2D eigenvalue weighted by Gasteiger charge is -2.58. The highest BCUT2D eigenvalue weighted by molar-refractivity contribution is 5.84. The van der Waals surface area contributed by atoms with E-state index >= 15 is 0 Å². The van der Waals surface area contributed by atoms with Gasteiger partial charge in [-0.15, -0.1) is 0 Å². The van der Waals surface area contributed by atoms with Crippen LogP contribution in [0.1, 0.15) is 72.6 Å². The van der Waals surface area contributed by atoms with Crippen molar-refractivity contribution < 1.29 is 19.1 Å². The number of carbonyl (C=O) groups excluding carboxylic acids is 3. The van der Waals surface area contributed by atoms with E-state index in [-0.39, 0.29) is 40.5 Å². The van der Waals surface area contributed by atoms with E-state index in [2.05, 4.69) is 26.0 Å². The SMILES string of the molecule is CC(=O)O[C@H]1CC[C@@]2(C)C(=CC[C@@H]3[C@H]4C[C@@H]([C@@H](C#N)C(N)=O)[C@@H](C(C)=O)[C@@]4(C)CC[C@H]32)C1. The molecule has 4 aliphatic rings. The number of esters is 1. The van der Waals surface area contributed by atoms with Crippen LogP contribution in [0.2, 0.25) is 0 Å². The van der Waals surface area contributed by atoms with Crippen molar-refractivity contribution in [1.29, 1.82) is 5.26 Å². The lowest BCUT2D eigenvalue weighted by molar-refractivity contribution is -0.149. The highest BCUT2D eigenvalue weighted by Gasteiger charge is 2.63. The Morgan fingerprint density at radius 1 is 1.19 bits per heavy atom.